The van der Waals surface area contributed by atoms with E-state index in [9.17, 15) is 4.79 Å². The monoisotopic (exact) mass is 218 g/mol. The fourth-order valence-corrected chi connectivity index (χ4v) is 2.62. The first-order chi connectivity index (χ1) is 7.70. The molecule has 0 saturated heterocycles. The Kier molecular flexibility index (Phi) is 2.13. The molecule has 0 aliphatic carbocycles. The Hall–Kier alpha value is -1.19. The van der Waals surface area contributed by atoms with E-state index in [4.69, 9.17) is 9.47 Å². The van der Waals surface area contributed by atoms with Gasteiger partial charge in [0.2, 0.25) is 0 Å². The van der Waals surface area contributed by atoms with Gasteiger partial charge in [-0.1, -0.05) is 0 Å². The highest BCUT2D eigenvalue weighted by Gasteiger charge is 2.25. The first-order valence-electron chi connectivity index (χ1n) is 5.52. The summed E-state index contributed by atoms with van der Waals surface area (Å²) < 4.78 is 10.9. The van der Waals surface area contributed by atoms with E-state index in [1.807, 2.05) is 13.8 Å². The lowest BCUT2D eigenvalue weighted by molar-refractivity contribution is 0.127. The topological polar surface area (TPSA) is 35.5 Å². The second kappa shape index (κ2) is 3.40. The molecule has 3 rings (SSSR count). The van der Waals surface area contributed by atoms with E-state index < -0.39 is 0 Å². The Morgan fingerprint density at radius 3 is 1.56 bits per heavy atom. The predicted molar refractivity (Wildman–Crippen MR) is 59.2 cm³/mol. The van der Waals surface area contributed by atoms with Crippen LogP contribution in [-0.2, 0) is 35.9 Å². The van der Waals surface area contributed by atoms with Crippen molar-refractivity contribution in [2.45, 2.75) is 40.3 Å². The fraction of sp³-hybridized carbons (Fsp3) is 0.462. The number of ether oxygens (including phenoxy) is 2. The molecule has 0 spiro atoms. The van der Waals surface area contributed by atoms with E-state index in [0.717, 1.165) is 22.3 Å². The van der Waals surface area contributed by atoms with E-state index >= 15 is 0 Å². The number of hydrogen-bond acceptors (Lipinski definition) is 3. The van der Waals surface area contributed by atoms with Gasteiger partial charge in [-0.05, 0) is 36.1 Å². The lowest BCUT2D eigenvalue weighted by Crippen LogP contribution is -2.09. The number of fused-ring (bicyclic) bond motifs is 3. The van der Waals surface area contributed by atoms with Crippen molar-refractivity contribution >= 4 is 0 Å². The third-order valence-electron chi connectivity index (χ3n) is 3.66. The van der Waals surface area contributed by atoms with Gasteiger partial charge in [0, 0.05) is 11.1 Å². The molecular weight excluding hydrogens is 204 g/mol. The van der Waals surface area contributed by atoms with Crippen molar-refractivity contribution in [3.05, 3.63) is 43.6 Å². The molecule has 16 heavy (non-hydrogen) atoms. The van der Waals surface area contributed by atoms with Crippen LogP contribution >= 0.6 is 0 Å². The molecule has 0 aromatic heterocycles. The van der Waals surface area contributed by atoms with Crippen LogP contribution in [0.3, 0.4) is 0 Å². The zero-order valence-corrected chi connectivity index (χ0v) is 9.55. The highest BCUT2D eigenvalue weighted by molar-refractivity contribution is 5.48. The van der Waals surface area contributed by atoms with Crippen molar-refractivity contribution in [1.82, 2.24) is 0 Å². The van der Waals surface area contributed by atoms with Crippen LogP contribution in [0.1, 0.15) is 33.4 Å². The minimum Gasteiger partial charge on any atom is -0.372 e. The van der Waals surface area contributed by atoms with E-state index in [-0.39, 0.29) is 5.43 Å². The lowest BCUT2D eigenvalue weighted by atomic mass is 10.0. The highest BCUT2D eigenvalue weighted by atomic mass is 16.5. The van der Waals surface area contributed by atoms with Gasteiger partial charge in [-0.2, -0.15) is 0 Å². The average Bonchev–Trinajstić information content (AvgIpc) is 2.91. The molecule has 0 atom stereocenters. The molecule has 0 fully saturated rings. The molecule has 2 aliphatic rings. The van der Waals surface area contributed by atoms with Crippen LogP contribution in [0.4, 0.5) is 0 Å². The molecule has 1 aromatic rings. The zero-order chi connectivity index (χ0) is 11.3. The number of hydrogen-bond donors (Lipinski definition) is 0. The third kappa shape index (κ3) is 1.19. The fourth-order valence-electron chi connectivity index (χ4n) is 2.62. The van der Waals surface area contributed by atoms with Gasteiger partial charge >= 0.3 is 0 Å². The van der Waals surface area contributed by atoms with Crippen molar-refractivity contribution < 1.29 is 9.47 Å². The Bertz CT molecular complexity index is 486. The summed E-state index contributed by atoms with van der Waals surface area (Å²) in [5.41, 5.74) is 6.39. The Balaban J connectivity index is 2.48. The van der Waals surface area contributed by atoms with Crippen LogP contribution in [-0.4, -0.2) is 0 Å². The highest BCUT2D eigenvalue weighted by Crippen LogP contribution is 2.31. The molecule has 3 heteroatoms. The molecule has 2 aliphatic heterocycles. The molecule has 0 bridgehead atoms. The largest absolute Gasteiger partial charge is 0.372 e. The molecular formula is C13H14O3. The molecule has 2 heterocycles. The second-order valence-electron chi connectivity index (χ2n) is 4.48. The van der Waals surface area contributed by atoms with Gasteiger partial charge < -0.3 is 9.47 Å². The summed E-state index contributed by atoms with van der Waals surface area (Å²) in [5.74, 6) is 0. The van der Waals surface area contributed by atoms with Crippen molar-refractivity contribution in [2.24, 2.45) is 0 Å². The normalized spacial score (nSPS) is 17.4. The summed E-state index contributed by atoms with van der Waals surface area (Å²) in [6.45, 7) is 6.18. The quantitative estimate of drug-likeness (QED) is 0.665. The SMILES string of the molecule is Cc1c2c(c3c(c(C)c1=O)COC3)COC2. The molecule has 84 valence electrons. The van der Waals surface area contributed by atoms with E-state index in [1.54, 1.807) is 0 Å². The van der Waals surface area contributed by atoms with Gasteiger partial charge in [0.1, 0.15) is 0 Å². The zero-order valence-electron chi connectivity index (χ0n) is 9.55. The first-order valence-corrected chi connectivity index (χ1v) is 5.52. The van der Waals surface area contributed by atoms with Gasteiger partial charge in [-0.25, -0.2) is 0 Å². The summed E-state index contributed by atoms with van der Waals surface area (Å²) in [6, 6.07) is 0. The minimum absolute atomic E-state index is 0.147. The van der Waals surface area contributed by atoms with Crippen LogP contribution in [0.2, 0.25) is 0 Å². The standard InChI is InChI=1S/C13H14O3/c1-7-9-3-15-5-11(9)12-6-16-4-10(12)8(2)13(7)14/h3-6H2,1-2H3. The van der Waals surface area contributed by atoms with E-state index in [0.29, 0.717) is 26.4 Å². The number of rotatable bonds is 0. The summed E-state index contributed by atoms with van der Waals surface area (Å²) in [4.78, 5) is 12.2. The molecule has 1 aromatic carbocycles. The smallest absolute Gasteiger partial charge is 0.185 e. The Morgan fingerprint density at radius 1 is 0.750 bits per heavy atom. The first kappa shape index (κ1) is 10.00. The van der Waals surface area contributed by atoms with E-state index in [2.05, 4.69) is 0 Å². The summed E-state index contributed by atoms with van der Waals surface area (Å²) in [5, 5.41) is 0. The molecule has 3 nitrogen and oxygen atoms in total. The predicted octanol–water partition coefficient (Wildman–Crippen LogP) is 1.72. The van der Waals surface area contributed by atoms with Crippen molar-refractivity contribution in [1.29, 1.82) is 0 Å². The van der Waals surface area contributed by atoms with Crippen LogP contribution in [0.15, 0.2) is 4.79 Å². The van der Waals surface area contributed by atoms with Gasteiger partial charge in [-0.3, -0.25) is 4.79 Å². The molecule has 0 N–H and O–H groups in total. The molecule has 0 amide bonds. The van der Waals surface area contributed by atoms with Crippen molar-refractivity contribution in [2.75, 3.05) is 0 Å². The van der Waals surface area contributed by atoms with E-state index in [1.165, 1.54) is 11.1 Å². The molecule has 0 saturated carbocycles. The van der Waals surface area contributed by atoms with Crippen LogP contribution in [0.25, 0.3) is 0 Å². The third-order valence-corrected chi connectivity index (χ3v) is 3.66. The molecule has 0 unspecified atom stereocenters. The average molecular weight is 218 g/mol. The van der Waals surface area contributed by atoms with Gasteiger partial charge in [0.05, 0.1) is 26.4 Å². The van der Waals surface area contributed by atoms with Crippen LogP contribution in [0.5, 0.6) is 0 Å². The van der Waals surface area contributed by atoms with Gasteiger partial charge in [0.25, 0.3) is 0 Å². The van der Waals surface area contributed by atoms with Crippen molar-refractivity contribution in [3.63, 3.8) is 0 Å². The molecule has 0 radical (unpaired) electrons. The second-order valence-corrected chi connectivity index (χ2v) is 4.48. The van der Waals surface area contributed by atoms with Crippen molar-refractivity contribution in [3.8, 4) is 0 Å². The summed E-state index contributed by atoms with van der Waals surface area (Å²) >= 11 is 0. The maximum atomic E-state index is 12.2. The summed E-state index contributed by atoms with van der Waals surface area (Å²) in [6.07, 6.45) is 0. The lowest BCUT2D eigenvalue weighted by Gasteiger charge is -1.98. The maximum Gasteiger partial charge on any atom is 0.185 e. The van der Waals surface area contributed by atoms with Gasteiger partial charge in [0.15, 0.2) is 5.43 Å². The summed E-state index contributed by atoms with van der Waals surface area (Å²) in [7, 11) is 0. The van der Waals surface area contributed by atoms with Crippen LogP contribution < -0.4 is 5.43 Å². The maximum absolute atomic E-state index is 12.2. The van der Waals surface area contributed by atoms with Gasteiger partial charge in [-0.15, -0.1) is 0 Å². The Labute approximate surface area is 94.0 Å². The Morgan fingerprint density at radius 2 is 1.12 bits per heavy atom. The minimum atomic E-state index is 0.147. The van der Waals surface area contributed by atoms with Crippen LogP contribution in [0, 0.1) is 13.8 Å².